The quantitative estimate of drug-likeness (QED) is 0.324. The average Bonchev–Trinajstić information content (AvgIpc) is 3.29. The van der Waals surface area contributed by atoms with Gasteiger partial charge in [0.2, 0.25) is 5.28 Å². The van der Waals surface area contributed by atoms with Gasteiger partial charge < -0.3 is 14.4 Å². The van der Waals surface area contributed by atoms with Gasteiger partial charge in [-0.3, -0.25) is 0 Å². The number of halogens is 2. The average molecular weight is 537 g/mol. The van der Waals surface area contributed by atoms with Crippen LogP contribution in [-0.4, -0.2) is 46.3 Å². The van der Waals surface area contributed by atoms with Crippen LogP contribution >= 0.6 is 11.6 Å². The van der Waals surface area contributed by atoms with Crippen LogP contribution in [0.4, 0.5) is 9.18 Å². The Morgan fingerprint density at radius 1 is 1.16 bits per heavy atom. The maximum absolute atomic E-state index is 13.5. The van der Waals surface area contributed by atoms with Crippen molar-refractivity contribution in [3.63, 3.8) is 0 Å². The maximum Gasteiger partial charge on any atom is 0.410 e. The van der Waals surface area contributed by atoms with Gasteiger partial charge in [-0.05, 0) is 80.6 Å². The number of hydrogen-bond acceptors (Lipinski definition) is 6. The molecule has 0 fully saturated rings. The van der Waals surface area contributed by atoms with Crippen LogP contribution in [0.5, 0.6) is 5.75 Å². The molecule has 1 unspecified atom stereocenters. The third kappa shape index (κ3) is 6.78. The second-order valence-electron chi connectivity index (χ2n) is 10.1. The first-order chi connectivity index (χ1) is 18.1. The minimum Gasteiger partial charge on any atom is -0.490 e. The van der Waals surface area contributed by atoms with Crippen molar-refractivity contribution in [1.82, 2.24) is 14.9 Å². The number of carbonyl (C=O) groups is 1. The van der Waals surface area contributed by atoms with Crippen molar-refractivity contribution in [3.8, 4) is 11.8 Å². The number of rotatable bonds is 8. The molecule has 1 aliphatic rings. The monoisotopic (exact) mass is 536 g/mol. The Morgan fingerprint density at radius 2 is 1.89 bits per heavy atom. The van der Waals surface area contributed by atoms with E-state index in [1.165, 1.54) is 12.1 Å². The second-order valence-corrected chi connectivity index (χ2v) is 10.5. The number of nitrogens with zero attached hydrogens (tertiary/aromatic N) is 4. The molecule has 0 saturated heterocycles. The fourth-order valence-electron chi connectivity index (χ4n) is 4.54. The number of hydrogen-bond donors (Lipinski definition) is 0. The molecule has 0 bridgehead atoms. The van der Waals surface area contributed by atoms with Gasteiger partial charge in [-0.25, -0.2) is 19.2 Å². The molecule has 0 saturated carbocycles. The molecular weight excluding hydrogens is 507 g/mol. The van der Waals surface area contributed by atoms with E-state index in [9.17, 15) is 14.4 Å². The largest absolute Gasteiger partial charge is 0.490 e. The summed E-state index contributed by atoms with van der Waals surface area (Å²) in [6.07, 6.45) is 1.58. The zero-order chi connectivity index (χ0) is 27.3. The summed E-state index contributed by atoms with van der Waals surface area (Å²) in [6.45, 7) is 6.22. The van der Waals surface area contributed by atoms with Gasteiger partial charge in [-0.1, -0.05) is 24.3 Å². The smallest absolute Gasteiger partial charge is 0.410 e. The van der Waals surface area contributed by atoms with E-state index in [0.717, 1.165) is 35.4 Å². The number of nitriles is 1. The standard InChI is InChI=1S/C29H30ClFN4O3/c1-29(2,3)38-28(36)35(16-17-37-25-7-5-4-6-20(25)18-32)15-14-24-23-13-12-22(26(23)34-27(30)33-24)19-8-10-21(31)11-9-19/h4-11,22H,12-17H2,1-3H3. The van der Waals surface area contributed by atoms with Crippen LogP contribution in [0.1, 0.15) is 61.2 Å². The van der Waals surface area contributed by atoms with E-state index in [-0.39, 0.29) is 30.2 Å². The summed E-state index contributed by atoms with van der Waals surface area (Å²) in [7, 11) is 0. The zero-order valence-corrected chi connectivity index (χ0v) is 22.5. The first-order valence-corrected chi connectivity index (χ1v) is 12.9. The van der Waals surface area contributed by atoms with Gasteiger partial charge in [0.1, 0.15) is 29.8 Å². The van der Waals surface area contributed by atoms with Crippen LogP contribution < -0.4 is 4.74 Å². The molecule has 38 heavy (non-hydrogen) atoms. The molecule has 0 radical (unpaired) electrons. The van der Waals surface area contributed by atoms with Crippen LogP contribution in [0.15, 0.2) is 48.5 Å². The topological polar surface area (TPSA) is 88.3 Å². The molecule has 0 aliphatic heterocycles. The SMILES string of the molecule is CC(C)(C)OC(=O)N(CCOc1ccccc1C#N)CCc1nc(Cl)nc2c1CCC2c1ccc(F)cc1. The molecule has 0 spiro atoms. The van der Waals surface area contributed by atoms with Crippen LogP contribution in [0.2, 0.25) is 5.28 Å². The third-order valence-corrected chi connectivity index (χ3v) is 6.45. The van der Waals surface area contributed by atoms with Gasteiger partial charge in [0.25, 0.3) is 0 Å². The van der Waals surface area contributed by atoms with Crippen molar-refractivity contribution in [3.05, 3.63) is 87.7 Å². The number of benzene rings is 2. The molecular formula is C29H30ClFN4O3. The van der Waals surface area contributed by atoms with Gasteiger partial charge >= 0.3 is 6.09 Å². The van der Waals surface area contributed by atoms with Crippen LogP contribution in [0, 0.1) is 17.1 Å². The van der Waals surface area contributed by atoms with Crippen LogP contribution in [-0.2, 0) is 17.6 Å². The Bertz CT molecular complexity index is 1340. The molecule has 1 amide bonds. The predicted molar refractivity (Wildman–Crippen MR) is 142 cm³/mol. The van der Waals surface area contributed by atoms with Crippen molar-refractivity contribution in [2.45, 2.75) is 51.6 Å². The summed E-state index contributed by atoms with van der Waals surface area (Å²) in [4.78, 5) is 23.6. The lowest BCUT2D eigenvalue weighted by Gasteiger charge is -2.27. The highest BCUT2D eigenvalue weighted by Crippen LogP contribution is 2.38. The number of fused-ring (bicyclic) bond motifs is 1. The summed E-state index contributed by atoms with van der Waals surface area (Å²) < 4.78 is 24.9. The Hall–Kier alpha value is -3.70. The Kier molecular flexibility index (Phi) is 8.48. The van der Waals surface area contributed by atoms with Crippen molar-refractivity contribution in [2.24, 2.45) is 0 Å². The van der Waals surface area contributed by atoms with Gasteiger partial charge in [0.05, 0.1) is 23.5 Å². The number of para-hydroxylation sites is 1. The zero-order valence-electron chi connectivity index (χ0n) is 21.7. The minimum atomic E-state index is -0.661. The highest BCUT2D eigenvalue weighted by atomic mass is 35.5. The third-order valence-electron chi connectivity index (χ3n) is 6.28. The summed E-state index contributed by atoms with van der Waals surface area (Å²) >= 11 is 6.32. The molecule has 0 N–H and O–H groups in total. The summed E-state index contributed by atoms with van der Waals surface area (Å²) in [5.74, 6) is 0.197. The second kappa shape index (κ2) is 11.8. The van der Waals surface area contributed by atoms with Gasteiger partial charge in [0.15, 0.2) is 0 Å². The molecule has 1 aliphatic carbocycles. The Labute approximate surface area is 227 Å². The number of ether oxygens (including phenoxy) is 2. The Morgan fingerprint density at radius 3 is 2.61 bits per heavy atom. The van der Waals surface area contributed by atoms with E-state index in [4.69, 9.17) is 21.1 Å². The van der Waals surface area contributed by atoms with Crippen molar-refractivity contribution >= 4 is 17.7 Å². The predicted octanol–water partition coefficient (Wildman–Crippen LogP) is 6.08. The molecule has 198 valence electrons. The maximum atomic E-state index is 13.5. The first kappa shape index (κ1) is 27.3. The molecule has 1 heterocycles. The fraction of sp³-hybridized carbons (Fsp3) is 0.379. The van der Waals surface area contributed by atoms with E-state index >= 15 is 0 Å². The minimum absolute atomic E-state index is 0.0143. The first-order valence-electron chi connectivity index (χ1n) is 12.5. The van der Waals surface area contributed by atoms with Crippen molar-refractivity contribution < 1.29 is 18.7 Å². The molecule has 1 aromatic heterocycles. The molecule has 3 aromatic rings. The van der Waals surface area contributed by atoms with E-state index in [1.807, 2.05) is 20.8 Å². The highest BCUT2D eigenvalue weighted by Gasteiger charge is 2.30. The van der Waals surface area contributed by atoms with E-state index in [0.29, 0.717) is 24.3 Å². The molecule has 4 rings (SSSR count). The summed E-state index contributed by atoms with van der Waals surface area (Å²) in [6, 6.07) is 15.5. The van der Waals surface area contributed by atoms with Crippen LogP contribution in [0.25, 0.3) is 0 Å². The van der Waals surface area contributed by atoms with Gasteiger partial charge in [-0.15, -0.1) is 0 Å². The summed E-state index contributed by atoms with van der Waals surface area (Å²) in [5, 5.41) is 9.45. The number of aromatic nitrogens is 2. The lowest BCUT2D eigenvalue weighted by molar-refractivity contribution is 0.0228. The summed E-state index contributed by atoms with van der Waals surface area (Å²) in [5.41, 5.74) is 3.41. The van der Waals surface area contributed by atoms with Crippen LogP contribution in [0.3, 0.4) is 0 Å². The fourth-order valence-corrected chi connectivity index (χ4v) is 4.74. The van der Waals surface area contributed by atoms with E-state index in [1.54, 1.807) is 41.3 Å². The number of amides is 1. The lowest BCUT2D eigenvalue weighted by atomic mass is 9.96. The molecule has 1 atom stereocenters. The van der Waals surface area contributed by atoms with E-state index in [2.05, 4.69) is 16.0 Å². The van der Waals surface area contributed by atoms with E-state index < -0.39 is 11.7 Å². The van der Waals surface area contributed by atoms with Crippen molar-refractivity contribution in [2.75, 3.05) is 19.7 Å². The number of carbonyl (C=O) groups excluding carboxylic acids is 1. The molecule has 9 heteroatoms. The normalized spacial score (nSPS) is 14.5. The van der Waals surface area contributed by atoms with Crippen molar-refractivity contribution in [1.29, 1.82) is 5.26 Å². The molecule has 7 nitrogen and oxygen atoms in total. The van der Waals surface area contributed by atoms with Gasteiger partial charge in [-0.2, -0.15) is 5.26 Å². The Balaban J connectivity index is 1.50. The highest BCUT2D eigenvalue weighted by molar-refractivity contribution is 6.28. The lowest BCUT2D eigenvalue weighted by Crippen LogP contribution is -2.40. The van der Waals surface area contributed by atoms with Gasteiger partial charge in [0, 0.05) is 18.9 Å². The molecule has 2 aromatic carbocycles.